The summed E-state index contributed by atoms with van der Waals surface area (Å²) in [5, 5.41) is 0. The van der Waals surface area contributed by atoms with Gasteiger partial charge in [-0.3, -0.25) is 4.79 Å². The number of hydrogen-bond acceptors (Lipinski definition) is 2. The molecule has 0 unspecified atom stereocenters. The molecule has 10 heavy (non-hydrogen) atoms. The number of allylic oxidation sites excluding steroid dienone is 3. The molecule has 0 spiro atoms. The standard InChI is InChI=1S/C7H7ClO2/c8-5-6(9)7-3-1-2-4-10-7/h1-3H,4-5H2. The minimum absolute atomic E-state index is 0.0142. The highest BCUT2D eigenvalue weighted by molar-refractivity contribution is 6.30. The van der Waals surface area contributed by atoms with Gasteiger partial charge in [0.15, 0.2) is 5.76 Å². The third-order valence-corrected chi connectivity index (χ3v) is 1.36. The number of carbonyl (C=O) groups is 1. The summed E-state index contributed by atoms with van der Waals surface area (Å²) in [4.78, 5) is 10.8. The van der Waals surface area contributed by atoms with Crippen molar-refractivity contribution in [2.45, 2.75) is 0 Å². The van der Waals surface area contributed by atoms with Crippen LogP contribution in [0.25, 0.3) is 0 Å². The summed E-state index contributed by atoms with van der Waals surface area (Å²) in [6.07, 6.45) is 5.22. The quantitative estimate of drug-likeness (QED) is 0.566. The van der Waals surface area contributed by atoms with Gasteiger partial charge in [-0.2, -0.15) is 0 Å². The van der Waals surface area contributed by atoms with Crippen molar-refractivity contribution in [2.75, 3.05) is 12.5 Å². The SMILES string of the molecule is O=C(CCl)C1=CC=CCO1. The third kappa shape index (κ3) is 1.61. The Kier molecular flexibility index (Phi) is 2.51. The molecule has 54 valence electrons. The maximum atomic E-state index is 10.8. The summed E-state index contributed by atoms with van der Waals surface area (Å²) in [7, 11) is 0. The lowest BCUT2D eigenvalue weighted by Crippen LogP contribution is -2.09. The zero-order valence-corrected chi connectivity index (χ0v) is 6.10. The first-order valence-corrected chi connectivity index (χ1v) is 3.47. The minimum atomic E-state index is -0.161. The van der Waals surface area contributed by atoms with E-state index in [-0.39, 0.29) is 11.7 Å². The molecule has 0 aromatic carbocycles. The van der Waals surface area contributed by atoms with Crippen LogP contribution in [-0.4, -0.2) is 18.3 Å². The molecule has 1 rings (SSSR count). The molecule has 0 amide bonds. The third-order valence-electron chi connectivity index (χ3n) is 1.11. The Labute approximate surface area is 64.1 Å². The van der Waals surface area contributed by atoms with Crippen LogP contribution in [0.2, 0.25) is 0 Å². The Hall–Kier alpha value is -0.760. The Morgan fingerprint density at radius 1 is 1.80 bits per heavy atom. The summed E-state index contributed by atoms with van der Waals surface area (Å²) in [6, 6.07) is 0. The molecule has 0 bridgehead atoms. The molecular weight excluding hydrogens is 152 g/mol. The molecule has 1 aliphatic heterocycles. The number of Topliss-reactive ketones (excluding diaryl/α,β-unsaturated/α-hetero) is 1. The fourth-order valence-corrected chi connectivity index (χ4v) is 0.768. The van der Waals surface area contributed by atoms with Gasteiger partial charge in [0.05, 0.1) is 5.88 Å². The van der Waals surface area contributed by atoms with E-state index in [0.29, 0.717) is 12.4 Å². The fourth-order valence-electron chi connectivity index (χ4n) is 0.636. The van der Waals surface area contributed by atoms with Crippen molar-refractivity contribution in [3.05, 3.63) is 24.0 Å². The van der Waals surface area contributed by atoms with Gasteiger partial charge in [0.2, 0.25) is 5.78 Å². The van der Waals surface area contributed by atoms with Crippen molar-refractivity contribution in [3.63, 3.8) is 0 Å². The number of ketones is 1. The Morgan fingerprint density at radius 2 is 2.60 bits per heavy atom. The summed E-state index contributed by atoms with van der Waals surface area (Å²) in [5.41, 5.74) is 0. The number of halogens is 1. The lowest BCUT2D eigenvalue weighted by molar-refractivity contribution is -0.116. The van der Waals surface area contributed by atoms with Crippen LogP contribution >= 0.6 is 11.6 Å². The van der Waals surface area contributed by atoms with Crippen molar-refractivity contribution >= 4 is 17.4 Å². The van der Waals surface area contributed by atoms with Crippen molar-refractivity contribution in [1.29, 1.82) is 0 Å². The van der Waals surface area contributed by atoms with E-state index in [0.717, 1.165) is 0 Å². The van der Waals surface area contributed by atoms with E-state index >= 15 is 0 Å². The normalized spacial score (nSPS) is 15.9. The van der Waals surface area contributed by atoms with Crippen molar-refractivity contribution in [1.82, 2.24) is 0 Å². The Morgan fingerprint density at radius 3 is 3.10 bits per heavy atom. The van der Waals surface area contributed by atoms with E-state index in [4.69, 9.17) is 16.3 Å². The van der Waals surface area contributed by atoms with Gasteiger partial charge in [-0.05, 0) is 12.2 Å². The zero-order valence-electron chi connectivity index (χ0n) is 5.34. The molecule has 2 nitrogen and oxygen atoms in total. The molecule has 0 aromatic heterocycles. The Bertz CT molecular complexity index is 194. The van der Waals surface area contributed by atoms with Crippen LogP contribution < -0.4 is 0 Å². The van der Waals surface area contributed by atoms with E-state index in [2.05, 4.69) is 0 Å². The molecule has 0 saturated carbocycles. The van der Waals surface area contributed by atoms with Gasteiger partial charge >= 0.3 is 0 Å². The van der Waals surface area contributed by atoms with E-state index in [1.807, 2.05) is 6.08 Å². The molecule has 3 heteroatoms. The zero-order chi connectivity index (χ0) is 7.40. The number of carbonyl (C=O) groups excluding carboxylic acids is 1. The second-order valence-electron chi connectivity index (χ2n) is 1.83. The van der Waals surface area contributed by atoms with Crippen LogP contribution in [0.15, 0.2) is 24.0 Å². The molecule has 0 radical (unpaired) electrons. The highest BCUT2D eigenvalue weighted by Crippen LogP contribution is 2.05. The largest absolute Gasteiger partial charge is 0.486 e. The lowest BCUT2D eigenvalue weighted by atomic mass is 10.3. The van der Waals surface area contributed by atoms with Crippen LogP contribution in [0.3, 0.4) is 0 Å². The predicted molar refractivity (Wildman–Crippen MR) is 38.9 cm³/mol. The highest BCUT2D eigenvalue weighted by atomic mass is 35.5. The average Bonchev–Trinajstić information content (AvgIpc) is 2.05. The molecule has 0 N–H and O–H groups in total. The minimum Gasteiger partial charge on any atom is -0.486 e. The molecule has 0 fully saturated rings. The van der Waals surface area contributed by atoms with Gasteiger partial charge in [0.25, 0.3) is 0 Å². The van der Waals surface area contributed by atoms with Crippen LogP contribution in [0.4, 0.5) is 0 Å². The first-order valence-electron chi connectivity index (χ1n) is 2.93. The van der Waals surface area contributed by atoms with Crippen molar-refractivity contribution in [3.8, 4) is 0 Å². The van der Waals surface area contributed by atoms with E-state index < -0.39 is 0 Å². The van der Waals surface area contributed by atoms with Gasteiger partial charge < -0.3 is 4.74 Å². The van der Waals surface area contributed by atoms with Crippen molar-refractivity contribution < 1.29 is 9.53 Å². The van der Waals surface area contributed by atoms with E-state index in [1.54, 1.807) is 12.2 Å². The van der Waals surface area contributed by atoms with Crippen LogP contribution in [0.5, 0.6) is 0 Å². The predicted octanol–water partition coefficient (Wildman–Crippen LogP) is 1.26. The fraction of sp³-hybridized carbons (Fsp3) is 0.286. The molecule has 1 heterocycles. The maximum absolute atomic E-state index is 10.8. The number of rotatable bonds is 2. The first kappa shape index (κ1) is 7.35. The Balaban J connectivity index is 2.62. The lowest BCUT2D eigenvalue weighted by Gasteiger charge is -2.07. The van der Waals surface area contributed by atoms with Crippen LogP contribution in [-0.2, 0) is 9.53 Å². The first-order chi connectivity index (χ1) is 4.84. The van der Waals surface area contributed by atoms with E-state index in [1.165, 1.54) is 0 Å². The second-order valence-corrected chi connectivity index (χ2v) is 2.09. The summed E-state index contributed by atoms with van der Waals surface area (Å²) in [6.45, 7) is 0.467. The van der Waals surface area contributed by atoms with Gasteiger partial charge in [0, 0.05) is 0 Å². The molecule has 0 saturated heterocycles. The smallest absolute Gasteiger partial charge is 0.212 e. The topological polar surface area (TPSA) is 26.3 Å². The van der Waals surface area contributed by atoms with Gasteiger partial charge in [-0.25, -0.2) is 0 Å². The maximum Gasteiger partial charge on any atom is 0.212 e. The molecule has 0 atom stereocenters. The monoisotopic (exact) mass is 158 g/mol. The average molecular weight is 159 g/mol. The summed E-state index contributed by atoms with van der Waals surface area (Å²) in [5.74, 6) is 0.183. The molecular formula is C7H7ClO2. The number of hydrogen-bond donors (Lipinski definition) is 0. The molecule has 0 aromatic rings. The summed E-state index contributed by atoms with van der Waals surface area (Å²) >= 11 is 5.29. The van der Waals surface area contributed by atoms with Crippen LogP contribution in [0.1, 0.15) is 0 Å². The highest BCUT2D eigenvalue weighted by Gasteiger charge is 2.08. The van der Waals surface area contributed by atoms with Crippen LogP contribution in [0, 0.1) is 0 Å². The van der Waals surface area contributed by atoms with Gasteiger partial charge in [-0.15, -0.1) is 11.6 Å². The number of ether oxygens (including phenoxy) is 1. The van der Waals surface area contributed by atoms with E-state index in [9.17, 15) is 4.79 Å². The summed E-state index contributed by atoms with van der Waals surface area (Å²) < 4.78 is 4.97. The molecule has 1 aliphatic rings. The number of alkyl halides is 1. The second kappa shape index (κ2) is 3.42. The van der Waals surface area contributed by atoms with Gasteiger partial charge in [-0.1, -0.05) is 6.08 Å². The molecule has 0 aliphatic carbocycles. The van der Waals surface area contributed by atoms with Crippen molar-refractivity contribution in [2.24, 2.45) is 0 Å². The van der Waals surface area contributed by atoms with Gasteiger partial charge in [0.1, 0.15) is 6.61 Å².